The normalized spacial score (nSPS) is 11.9. The Bertz CT molecular complexity index is 102. The molecule has 0 aromatic carbocycles. The molecule has 0 radical (unpaired) electrons. The average molecular weight is 203 g/mol. The summed E-state index contributed by atoms with van der Waals surface area (Å²) in [6.07, 6.45) is 0. The smallest absolute Gasteiger partial charge is 0.306 e. The Morgan fingerprint density at radius 2 is 2.12 bits per heavy atom. The van der Waals surface area contributed by atoms with Gasteiger partial charge in [0, 0.05) is 5.33 Å². The standard InChI is InChI=1S/C2H8BrN2O2P/c3-1-2-7-8(4,5)6/h1-2H2,(H4,4,5,6). The lowest BCUT2D eigenvalue weighted by atomic mass is 10.9. The van der Waals surface area contributed by atoms with Gasteiger partial charge in [0.05, 0.1) is 6.61 Å². The van der Waals surface area contributed by atoms with E-state index in [-0.39, 0.29) is 6.61 Å². The SMILES string of the molecule is NP(N)(=O)OCCBr. The molecule has 0 amide bonds. The lowest BCUT2D eigenvalue weighted by molar-refractivity contribution is 0.338. The molecule has 0 aromatic heterocycles. The highest BCUT2D eigenvalue weighted by Gasteiger charge is 2.05. The molecule has 0 aliphatic heterocycles. The molecule has 0 aromatic rings. The molecule has 0 fully saturated rings. The van der Waals surface area contributed by atoms with E-state index in [1.165, 1.54) is 0 Å². The van der Waals surface area contributed by atoms with Crippen molar-refractivity contribution in [2.24, 2.45) is 11.0 Å². The van der Waals surface area contributed by atoms with Gasteiger partial charge in [0.1, 0.15) is 0 Å². The molecule has 0 aliphatic carbocycles. The summed E-state index contributed by atoms with van der Waals surface area (Å²) >= 11 is 3.04. The second kappa shape index (κ2) is 3.58. The fourth-order valence-electron chi connectivity index (χ4n) is 0.177. The van der Waals surface area contributed by atoms with Crippen molar-refractivity contribution in [1.29, 1.82) is 0 Å². The summed E-state index contributed by atoms with van der Waals surface area (Å²) in [6, 6.07) is 0. The maximum absolute atomic E-state index is 10.3. The van der Waals surface area contributed by atoms with E-state index in [0.717, 1.165) is 0 Å². The van der Waals surface area contributed by atoms with Crippen LogP contribution in [0.3, 0.4) is 0 Å². The fourth-order valence-corrected chi connectivity index (χ4v) is 0.966. The monoisotopic (exact) mass is 202 g/mol. The predicted molar refractivity (Wildman–Crippen MR) is 35.7 cm³/mol. The van der Waals surface area contributed by atoms with Gasteiger partial charge in [0.25, 0.3) is 0 Å². The van der Waals surface area contributed by atoms with Gasteiger partial charge in [0.15, 0.2) is 0 Å². The summed E-state index contributed by atoms with van der Waals surface area (Å²) in [6.45, 7) is 0.282. The Balaban J connectivity index is 3.26. The Hall–Kier alpha value is 0.590. The number of hydrogen-bond acceptors (Lipinski definition) is 2. The van der Waals surface area contributed by atoms with Crippen LogP contribution in [-0.4, -0.2) is 11.9 Å². The number of nitrogens with two attached hydrogens (primary N) is 2. The van der Waals surface area contributed by atoms with Gasteiger partial charge < -0.3 is 4.52 Å². The van der Waals surface area contributed by atoms with Crippen molar-refractivity contribution in [3.8, 4) is 0 Å². The molecule has 0 saturated carbocycles. The van der Waals surface area contributed by atoms with Crippen LogP contribution in [0.2, 0.25) is 0 Å². The molecule has 50 valence electrons. The lowest BCUT2D eigenvalue weighted by Gasteiger charge is -2.03. The van der Waals surface area contributed by atoms with Crippen molar-refractivity contribution < 1.29 is 9.09 Å². The maximum Gasteiger partial charge on any atom is 0.335 e. The van der Waals surface area contributed by atoms with Gasteiger partial charge in [-0.1, -0.05) is 15.9 Å². The van der Waals surface area contributed by atoms with Crippen molar-refractivity contribution in [3.05, 3.63) is 0 Å². The van der Waals surface area contributed by atoms with Crippen molar-refractivity contribution >= 4 is 23.6 Å². The Labute approximate surface area is 56.3 Å². The van der Waals surface area contributed by atoms with Crippen LogP contribution in [0.4, 0.5) is 0 Å². The Morgan fingerprint density at radius 3 is 2.25 bits per heavy atom. The summed E-state index contributed by atoms with van der Waals surface area (Å²) in [5.74, 6) is 0. The zero-order valence-electron chi connectivity index (χ0n) is 4.21. The third-order valence-corrected chi connectivity index (χ3v) is 1.28. The summed E-state index contributed by atoms with van der Waals surface area (Å²) in [7, 11) is -3.21. The zero-order valence-corrected chi connectivity index (χ0v) is 6.69. The molecule has 0 spiro atoms. The van der Waals surface area contributed by atoms with E-state index in [2.05, 4.69) is 20.5 Å². The second-order valence-electron chi connectivity index (χ2n) is 1.17. The van der Waals surface area contributed by atoms with E-state index in [0.29, 0.717) is 5.33 Å². The van der Waals surface area contributed by atoms with E-state index in [1.54, 1.807) is 0 Å². The van der Waals surface area contributed by atoms with Crippen LogP contribution in [0.25, 0.3) is 0 Å². The first-order chi connectivity index (χ1) is 3.56. The van der Waals surface area contributed by atoms with E-state index in [1.807, 2.05) is 0 Å². The molecule has 6 heteroatoms. The average Bonchev–Trinajstić information content (AvgIpc) is 1.59. The number of rotatable bonds is 3. The molecule has 0 rings (SSSR count). The summed E-state index contributed by atoms with van der Waals surface area (Å²) in [5.41, 5.74) is 9.62. The minimum absolute atomic E-state index is 0.282. The molecule has 8 heavy (non-hydrogen) atoms. The molecule has 0 saturated heterocycles. The van der Waals surface area contributed by atoms with Crippen molar-refractivity contribution in [2.45, 2.75) is 0 Å². The minimum atomic E-state index is -3.21. The largest absolute Gasteiger partial charge is 0.335 e. The van der Waals surface area contributed by atoms with Gasteiger partial charge in [-0.15, -0.1) is 0 Å². The molecule has 0 aliphatic rings. The molecule has 0 unspecified atom stereocenters. The van der Waals surface area contributed by atoms with Gasteiger partial charge in [-0.2, -0.15) is 0 Å². The first-order valence-electron chi connectivity index (χ1n) is 1.94. The van der Waals surface area contributed by atoms with E-state index >= 15 is 0 Å². The zero-order chi connectivity index (χ0) is 6.62. The quantitative estimate of drug-likeness (QED) is 0.514. The number of hydrogen-bond donors (Lipinski definition) is 2. The molecule has 0 atom stereocenters. The molecule has 4 nitrogen and oxygen atoms in total. The van der Waals surface area contributed by atoms with Crippen LogP contribution in [0.1, 0.15) is 0 Å². The van der Waals surface area contributed by atoms with Gasteiger partial charge in [0.2, 0.25) is 0 Å². The maximum atomic E-state index is 10.3. The van der Waals surface area contributed by atoms with Crippen LogP contribution >= 0.6 is 23.6 Å². The van der Waals surface area contributed by atoms with Gasteiger partial charge in [-0.3, -0.25) is 4.57 Å². The fraction of sp³-hybridized carbons (Fsp3) is 1.00. The molecule has 0 heterocycles. The predicted octanol–water partition coefficient (Wildman–Crippen LogP) is 0.423. The highest BCUT2D eigenvalue weighted by molar-refractivity contribution is 9.09. The Kier molecular flexibility index (Phi) is 3.85. The lowest BCUT2D eigenvalue weighted by Crippen LogP contribution is -2.09. The topological polar surface area (TPSA) is 78.3 Å². The van der Waals surface area contributed by atoms with Gasteiger partial charge in [-0.05, 0) is 0 Å². The summed E-state index contributed by atoms with van der Waals surface area (Å²) < 4.78 is 14.7. The number of halogens is 1. The number of alkyl halides is 1. The third kappa shape index (κ3) is 6.59. The third-order valence-electron chi connectivity index (χ3n) is 0.370. The van der Waals surface area contributed by atoms with Crippen molar-refractivity contribution in [3.63, 3.8) is 0 Å². The summed E-state index contributed by atoms with van der Waals surface area (Å²) in [4.78, 5) is 0. The van der Waals surface area contributed by atoms with Crippen LogP contribution in [0.15, 0.2) is 0 Å². The highest BCUT2D eigenvalue weighted by Crippen LogP contribution is 2.25. The van der Waals surface area contributed by atoms with Gasteiger partial charge in [-0.25, -0.2) is 11.0 Å². The molecule has 0 bridgehead atoms. The van der Waals surface area contributed by atoms with E-state index in [4.69, 9.17) is 11.0 Å². The second-order valence-corrected chi connectivity index (χ2v) is 3.51. The minimum Gasteiger partial charge on any atom is -0.306 e. The molecular weight excluding hydrogens is 195 g/mol. The van der Waals surface area contributed by atoms with Gasteiger partial charge >= 0.3 is 7.67 Å². The Morgan fingerprint density at radius 1 is 1.62 bits per heavy atom. The first kappa shape index (κ1) is 8.59. The van der Waals surface area contributed by atoms with Crippen molar-refractivity contribution in [1.82, 2.24) is 0 Å². The molecule has 4 N–H and O–H groups in total. The van der Waals surface area contributed by atoms with E-state index in [9.17, 15) is 4.57 Å². The van der Waals surface area contributed by atoms with Crippen LogP contribution in [0, 0.1) is 0 Å². The van der Waals surface area contributed by atoms with Crippen LogP contribution < -0.4 is 11.0 Å². The highest BCUT2D eigenvalue weighted by atomic mass is 79.9. The summed E-state index contributed by atoms with van der Waals surface area (Å²) in [5, 5.41) is 0.589. The van der Waals surface area contributed by atoms with Crippen LogP contribution in [0.5, 0.6) is 0 Å². The van der Waals surface area contributed by atoms with E-state index < -0.39 is 7.67 Å². The molecular formula is C2H8BrN2O2P. The van der Waals surface area contributed by atoms with Crippen LogP contribution in [-0.2, 0) is 9.09 Å². The van der Waals surface area contributed by atoms with Crippen molar-refractivity contribution in [2.75, 3.05) is 11.9 Å². The first-order valence-corrected chi connectivity index (χ1v) is 4.82.